The molecule has 1 aromatic rings. The highest BCUT2D eigenvalue weighted by molar-refractivity contribution is 5.66. The Morgan fingerprint density at radius 1 is 1.32 bits per heavy atom. The van der Waals surface area contributed by atoms with Crippen LogP contribution in [0, 0.1) is 0 Å². The molecule has 2 fully saturated rings. The molecule has 7 heteroatoms. The molecule has 2 bridgehead atoms. The molecule has 3 aliphatic heterocycles. The van der Waals surface area contributed by atoms with Crippen molar-refractivity contribution in [2.75, 3.05) is 13.3 Å². The molecule has 3 heterocycles. The molecule has 134 valence electrons. The minimum atomic E-state index is -1.14. The average molecular weight is 347 g/mol. The van der Waals surface area contributed by atoms with Gasteiger partial charge in [-0.15, -0.1) is 0 Å². The first-order valence-corrected chi connectivity index (χ1v) is 8.71. The lowest BCUT2D eigenvalue weighted by molar-refractivity contribution is -0.221. The number of ether oxygens (including phenoxy) is 3. The molecule has 1 aliphatic carbocycles. The van der Waals surface area contributed by atoms with E-state index in [0.717, 1.165) is 11.1 Å². The monoisotopic (exact) mass is 347 g/mol. The Morgan fingerprint density at radius 2 is 2.08 bits per heavy atom. The number of aliphatic hydroxyl groups is 2. The Balaban J connectivity index is 1.68. The Morgan fingerprint density at radius 3 is 2.84 bits per heavy atom. The fourth-order valence-electron chi connectivity index (χ4n) is 5.36. The minimum Gasteiger partial charge on any atom is -0.460 e. The fourth-order valence-corrected chi connectivity index (χ4v) is 5.36. The van der Waals surface area contributed by atoms with Crippen LogP contribution in [0.15, 0.2) is 12.1 Å². The van der Waals surface area contributed by atoms with Crippen LogP contribution in [0.4, 0.5) is 0 Å². The van der Waals surface area contributed by atoms with Gasteiger partial charge in [0.05, 0.1) is 5.41 Å². The smallest absolute Gasteiger partial charge is 0.302 e. The van der Waals surface area contributed by atoms with E-state index in [9.17, 15) is 15.0 Å². The normalized spacial score (nSPS) is 40.4. The number of rotatable bonds is 1. The first-order valence-electron chi connectivity index (χ1n) is 8.71. The van der Waals surface area contributed by atoms with E-state index in [0.29, 0.717) is 43.9 Å². The van der Waals surface area contributed by atoms with Crippen LogP contribution in [-0.4, -0.2) is 52.4 Å². The lowest BCUT2D eigenvalue weighted by Gasteiger charge is -2.56. The van der Waals surface area contributed by atoms with Crippen molar-refractivity contribution in [2.45, 2.75) is 56.1 Å². The van der Waals surface area contributed by atoms with Crippen molar-refractivity contribution in [1.29, 1.82) is 0 Å². The number of aliphatic hydroxyl groups excluding tert-OH is 1. The largest absolute Gasteiger partial charge is 0.460 e. The summed E-state index contributed by atoms with van der Waals surface area (Å²) in [5.74, 6) is 0.920. The van der Waals surface area contributed by atoms with Crippen molar-refractivity contribution in [3.8, 4) is 11.5 Å². The highest BCUT2D eigenvalue weighted by Crippen LogP contribution is 2.60. The van der Waals surface area contributed by atoms with Gasteiger partial charge in [0.2, 0.25) is 6.79 Å². The highest BCUT2D eigenvalue weighted by atomic mass is 16.7. The van der Waals surface area contributed by atoms with Gasteiger partial charge in [-0.1, -0.05) is 0 Å². The zero-order valence-corrected chi connectivity index (χ0v) is 14.0. The molecule has 0 aromatic heterocycles. The van der Waals surface area contributed by atoms with Crippen LogP contribution in [0.25, 0.3) is 0 Å². The molecule has 1 unspecified atom stereocenters. The van der Waals surface area contributed by atoms with Gasteiger partial charge in [-0.2, -0.15) is 0 Å². The SMILES string of the molecule is CC(=O)O[C@H]1CC[C@]2(O)N3CC[C@@]2(c2cc4c(cc2C3)OCO4)[C@H]1O. The quantitative estimate of drug-likeness (QED) is 0.721. The molecule has 1 saturated carbocycles. The van der Waals surface area contributed by atoms with Gasteiger partial charge in [0.1, 0.15) is 17.9 Å². The maximum absolute atomic E-state index is 11.6. The fraction of sp³-hybridized carbons (Fsp3) is 0.611. The standard InChI is InChI=1S/C18H21NO6/c1-10(20)25-13-2-3-18(22)17(16(13)21)4-5-19(18)8-11-6-14-15(7-12(11)17)24-9-23-14/h6-7,13,16,21-22H,2-5,8-9H2,1H3/t13-,16-,17+,18+/m0/s1. The third kappa shape index (κ3) is 1.78. The van der Waals surface area contributed by atoms with Crippen LogP contribution in [0.2, 0.25) is 0 Å². The van der Waals surface area contributed by atoms with E-state index in [1.165, 1.54) is 6.92 Å². The first kappa shape index (κ1) is 15.4. The second-order valence-corrected chi connectivity index (χ2v) is 7.45. The molecular formula is C18H21NO6. The van der Waals surface area contributed by atoms with Gasteiger partial charge in [0, 0.05) is 20.0 Å². The number of carbonyl (C=O) groups is 1. The molecule has 5 atom stereocenters. The summed E-state index contributed by atoms with van der Waals surface area (Å²) in [4.78, 5) is 13.5. The zero-order chi connectivity index (χ0) is 17.4. The lowest BCUT2D eigenvalue weighted by atomic mass is 9.59. The van der Waals surface area contributed by atoms with Crippen molar-refractivity contribution < 1.29 is 29.2 Å². The molecule has 0 spiro atoms. The van der Waals surface area contributed by atoms with Crippen LogP contribution in [0.5, 0.6) is 11.5 Å². The Bertz CT molecular complexity index is 766. The number of nitrogens with zero attached hydrogens (tertiary/aromatic N) is 1. The Kier molecular flexibility index (Phi) is 3.01. The maximum atomic E-state index is 11.6. The molecule has 0 amide bonds. The van der Waals surface area contributed by atoms with Gasteiger partial charge in [-0.05, 0) is 42.5 Å². The number of carbonyl (C=O) groups excluding carboxylic acids is 1. The summed E-state index contributed by atoms with van der Waals surface area (Å²) >= 11 is 0. The third-order valence-corrected chi connectivity index (χ3v) is 6.41. The molecule has 2 N–H and O–H groups in total. The van der Waals surface area contributed by atoms with E-state index >= 15 is 0 Å². The number of esters is 1. The van der Waals surface area contributed by atoms with Crippen molar-refractivity contribution in [3.05, 3.63) is 23.3 Å². The summed E-state index contributed by atoms with van der Waals surface area (Å²) in [6, 6.07) is 3.84. The summed E-state index contributed by atoms with van der Waals surface area (Å²) < 4.78 is 16.4. The second-order valence-electron chi connectivity index (χ2n) is 7.45. The molecule has 1 saturated heterocycles. The molecule has 5 rings (SSSR count). The predicted octanol–water partition coefficient (Wildman–Crippen LogP) is 0.647. The van der Waals surface area contributed by atoms with Gasteiger partial charge in [-0.25, -0.2) is 0 Å². The molecule has 1 aromatic carbocycles. The molecular weight excluding hydrogens is 326 g/mol. The van der Waals surface area contributed by atoms with Crippen molar-refractivity contribution >= 4 is 5.97 Å². The lowest BCUT2D eigenvalue weighted by Crippen LogP contribution is -2.69. The van der Waals surface area contributed by atoms with Crippen molar-refractivity contribution in [3.63, 3.8) is 0 Å². The summed E-state index contributed by atoms with van der Waals surface area (Å²) in [5, 5.41) is 22.8. The molecule has 4 aliphatic rings. The van der Waals surface area contributed by atoms with Crippen LogP contribution in [-0.2, 0) is 21.5 Å². The van der Waals surface area contributed by atoms with Gasteiger partial charge in [-0.3, -0.25) is 9.69 Å². The molecule has 7 nitrogen and oxygen atoms in total. The predicted molar refractivity (Wildman–Crippen MR) is 85.0 cm³/mol. The van der Waals surface area contributed by atoms with Crippen LogP contribution in [0.3, 0.4) is 0 Å². The maximum Gasteiger partial charge on any atom is 0.302 e. The Labute approximate surface area is 145 Å². The van der Waals surface area contributed by atoms with Crippen LogP contribution >= 0.6 is 0 Å². The van der Waals surface area contributed by atoms with Crippen molar-refractivity contribution in [2.24, 2.45) is 0 Å². The Hall–Kier alpha value is -1.83. The van der Waals surface area contributed by atoms with E-state index < -0.39 is 29.3 Å². The minimum absolute atomic E-state index is 0.178. The number of benzene rings is 1. The highest BCUT2D eigenvalue weighted by Gasteiger charge is 2.69. The topological polar surface area (TPSA) is 88.5 Å². The van der Waals surface area contributed by atoms with Crippen LogP contribution in [0.1, 0.15) is 37.3 Å². The zero-order valence-electron chi connectivity index (χ0n) is 14.0. The number of hydrogen-bond acceptors (Lipinski definition) is 7. The van der Waals surface area contributed by atoms with Gasteiger partial charge >= 0.3 is 5.97 Å². The van der Waals surface area contributed by atoms with E-state index in [1.807, 2.05) is 17.0 Å². The third-order valence-electron chi connectivity index (χ3n) is 6.41. The average Bonchev–Trinajstić information content (AvgIpc) is 3.08. The number of fused-ring (bicyclic) bond motifs is 2. The van der Waals surface area contributed by atoms with Crippen molar-refractivity contribution in [1.82, 2.24) is 4.90 Å². The molecule has 25 heavy (non-hydrogen) atoms. The van der Waals surface area contributed by atoms with Crippen LogP contribution < -0.4 is 9.47 Å². The summed E-state index contributed by atoms with van der Waals surface area (Å²) in [7, 11) is 0. The van der Waals surface area contributed by atoms with Gasteiger partial charge < -0.3 is 24.4 Å². The van der Waals surface area contributed by atoms with E-state index in [1.54, 1.807) is 0 Å². The first-order chi connectivity index (χ1) is 12.0. The summed E-state index contributed by atoms with van der Waals surface area (Å²) in [5.41, 5.74) is -0.116. The van der Waals surface area contributed by atoms with E-state index in [4.69, 9.17) is 14.2 Å². The number of hydrogen-bond donors (Lipinski definition) is 2. The molecule has 0 radical (unpaired) electrons. The second kappa shape index (κ2) is 4.87. The van der Waals surface area contributed by atoms with E-state index in [2.05, 4.69) is 0 Å². The summed E-state index contributed by atoms with van der Waals surface area (Å²) in [6.45, 7) is 2.81. The summed E-state index contributed by atoms with van der Waals surface area (Å²) in [6.07, 6.45) is -0.0889. The van der Waals surface area contributed by atoms with Gasteiger partial charge in [0.15, 0.2) is 11.5 Å². The van der Waals surface area contributed by atoms with Gasteiger partial charge in [0.25, 0.3) is 0 Å². The van der Waals surface area contributed by atoms with E-state index in [-0.39, 0.29) is 6.79 Å².